The van der Waals surface area contributed by atoms with Gasteiger partial charge in [-0.2, -0.15) is 0 Å². The van der Waals surface area contributed by atoms with Crippen molar-refractivity contribution in [3.8, 4) is 0 Å². The number of carbonyl (C=O) groups is 1. The Labute approximate surface area is 109 Å². The van der Waals surface area contributed by atoms with Gasteiger partial charge in [-0.25, -0.2) is 4.79 Å². The number of rotatable bonds is 2. The Bertz CT molecular complexity index is 591. The zero-order valence-electron chi connectivity index (χ0n) is 9.80. The number of anilines is 1. The van der Waals surface area contributed by atoms with Crippen LogP contribution >= 0.6 is 11.3 Å². The summed E-state index contributed by atoms with van der Waals surface area (Å²) in [4.78, 5) is 14.7. The van der Waals surface area contributed by atoms with Crippen LogP contribution in [0.15, 0.2) is 35.7 Å². The first-order chi connectivity index (χ1) is 8.74. The number of fused-ring (bicyclic) bond motifs is 1. The summed E-state index contributed by atoms with van der Waals surface area (Å²) in [5.41, 5.74) is 2.71. The van der Waals surface area contributed by atoms with Crippen molar-refractivity contribution >= 4 is 23.0 Å². The number of aromatic carboxylic acids is 1. The zero-order chi connectivity index (χ0) is 12.5. The normalized spacial score (nSPS) is 14.3. The Morgan fingerprint density at radius 1 is 1.33 bits per heavy atom. The van der Waals surface area contributed by atoms with E-state index in [1.807, 2.05) is 23.5 Å². The Balaban J connectivity index is 1.88. The summed E-state index contributed by atoms with van der Waals surface area (Å²) in [6, 6.07) is 9.32. The number of nitrogens with zero attached hydrogens (tertiary/aromatic N) is 1. The van der Waals surface area contributed by atoms with Gasteiger partial charge in [-0.05, 0) is 41.6 Å². The molecule has 1 aromatic carbocycles. The quantitative estimate of drug-likeness (QED) is 0.901. The van der Waals surface area contributed by atoms with Crippen molar-refractivity contribution in [2.45, 2.75) is 13.0 Å². The van der Waals surface area contributed by atoms with E-state index in [2.05, 4.69) is 16.3 Å². The lowest BCUT2D eigenvalue weighted by Gasteiger charge is -2.29. The third-order valence-electron chi connectivity index (χ3n) is 3.27. The van der Waals surface area contributed by atoms with Crippen molar-refractivity contribution < 1.29 is 9.90 Å². The van der Waals surface area contributed by atoms with Crippen LogP contribution in [0.1, 0.15) is 20.8 Å². The fourth-order valence-corrected chi connectivity index (χ4v) is 3.19. The molecule has 0 saturated carbocycles. The second-order valence-electron chi connectivity index (χ2n) is 4.40. The molecule has 3 nitrogen and oxygen atoms in total. The summed E-state index contributed by atoms with van der Waals surface area (Å²) < 4.78 is 0. The van der Waals surface area contributed by atoms with E-state index in [1.54, 1.807) is 12.1 Å². The van der Waals surface area contributed by atoms with Gasteiger partial charge in [0, 0.05) is 23.7 Å². The van der Waals surface area contributed by atoms with Crippen molar-refractivity contribution in [1.82, 2.24) is 0 Å². The van der Waals surface area contributed by atoms with Crippen LogP contribution in [0, 0.1) is 0 Å². The molecule has 0 bridgehead atoms. The number of carboxylic acids is 1. The maximum Gasteiger partial charge on any atom is 0.335 e. The standard InChI is InChI=1S/C14H13NO2S/c16-14(17)10-2-1-3-12(8-10)15-6-4-13-11(9-15)5-7-18-13/h1-3,5,7-8H,4,6,9H2,(H,16,17). The van der Waals surface area contributed by atoms with Gasteiger partial charge < -0.3 is 10.0 Å². The van der Waals surface area contributed by atoms with E-state index >= 15 is 0 Å². The highest BCUT2D eigenvalue weighted by atomic mass is 32.1. The molecule has 0 aliphatic carbocycles. The van der Waals surface area contributed by atoms with Crippen molar-refractivity contribution in [2.24, 2.45) is 0 Å². The highest BCUT2D eigenvalue weighted by Crippen LogP contribution is 2.28. The van der Waals surface area contributed by atoms with Gasteiger partial charge in [0.2, 0.25) is 0 Å². The van der Waals surface area contributed by atoms with Gasteiger partial charge in [-0.15, -0.1) is 11.3 Å². The average Bonchev–Trinajstić information content (AvgIpc) is 2.86. The molecular weight excluding hydrogens is 246 g/mol. The summed E-state index contributed by atoms with van der Waals surface area (Å²) in [7, 11) is 0. The Morgan fingerprint density at radius 2 is 2.22 bits per heavy atom. The fraction of sp³-hybridized carbons (Fsp3) is 0.214. The van der Waals surface area contributed by atoms with Gasteiger partial charge in [0.15, 0.2) is 0 Å². The summed E-state index contributed by atoms with van der Waals surface area (Å²) in [5, 5.41) is 11.1. The molecule has 2 heterocycles. The lowest BCUT2D eigenvalue weighted by molar-refractivity contribution is 0.0697. The largest absolute Gasteiger partial charge is 0.478 e. The van der Waals surface area contributed by atoms with Gasteiger partial charge in [-0.1, -0.05) is 6.07 Å². The molecule has 1 aliphatic heterocycles. The third kappa shape index (κ3) is 1.99. The van der Waals surface area contributed by atoms with Gasteiger partial charge in [-0.3, -0.25) is 0 Å². The summed E-state index contributed by atoms with van der Waals surface area (Å²) >= 11 is 1.81. The van der Waals surface area contributed by atoms with Crippen LogP contribution in [-0.4, -0.2) is 17.6 Å². The van der Waals surface area contributed by atoms with E-state index in [4.69, 9.17) is 5.11 Å². The average molecular weight is 259 g/mol. The van der Waals surface area contributed by atoms with Crippen LogP contribution in [0.2, 0.25) is 0 Å². The monoisotopic (exact) mass is 259 g/mol. The molecular formula is C14H13NO2S. The van der Waals surface area contributed by atoms with Crippen molar-refractivity contribution in [2.75, 3.05) is 11.4 Å². The van der Waals surface area contributed by atoms with Crippen LogP contribution in [-0.2, 0) is 13.0 Å². The molecule has 1 N–H and O–H groups in total. The molecule has 0 atom stereocenters. The lowest BCUT2D eigenvalue weighted by Crippen LogP contribution is -2.29. The Morgan fingerprint density at radius 3 is 3.06 bits per heavy atom. The van der Waals surface area contributed by atoms with Crippen molar-refractivity contribution in [1.29, 1.82) is 0 Å². The first-order valence-corrected chi connectivity index (χ1v) is 6.75. The molecule has 0 spiro atoms. The number of hydrogen-bond acceptors (Lipinski definition) is 3. The van der Waals surface area contributed by atoms with E-state index in [0.29, 0.717) is 5.56 Å². The van der Waals surface area contributed by atoms with Crippen molar-refractivity contribution in [3.05, 3.63) is 51.7 Å². The van der Waals surface area contributed by atoms with Crippen LogP contribution in [0.25, 0.3) is 0 Å². The molecule has 0 radical (unpaired) electrons. The van der Waals surface area contributed by atoms with Crippen LogP contribution in [0.3, 0.4) is 0 Å². The van der Waals surface area contributed by atoms with E-state index < -0.39 is 5.97 Å². The molecule has 0 saturated heterocycles. The minimum atomic E-state index is -0.870. The second-order valence-corrected chi connectivity index (χ2v) is 5.40. The van der Waals surface area contributed by atoms with Gasteiger partial charge >= 0.3 is 5.97 Å². The van der Waals surface area contributed by atoms with Crippen LogP contribution in [0.5, 0.6) is 0 Å². The summed E-state index contributed by atoms with van der Waals surface area (Å²) in [6.07, 6.45) is 1.05. The predicted octanol–water partition coefficient (Wildman–Crippen LogP) is 3.01. The van der Waals surface area contributed by atoms with Gasteiger partial charge in [0.05, 0.1) is 5.56 Å². The number of hydrogen-bond donors (Lipinski definition) is 1. The summed E-state index contributed by atoms with van der Waals surface area (Å²) in [5.74, 6) is -0.870. The highest BCUT2D eigenvalue weighted by molar-refractivity contribution is 7.10. The first-order valence-electron chi connectivity index (χ1n) is 5.87. The fourth-order valence-electron chi connectivity index (χ4n) is 2.30. The summed E-state index contributed by atoms with van der Waals surface area (Å²) in [6.45, 7) is 1.83. The molecule has 1 aliphatic rings. The van der Waals surface area contributed by atoms with E-state index in [1.165, 1.54) is 10.4 Å². The Kier molecular flexibility index (Phi) is 2.80. The maximum absolute atomic E-state index is 11.0. The van der Waals surface area contributed by atoms with E-state index in [0.717, 1.165) is 25.2 Å². The van der Waals surface area contributed by atoms with Gasteiger partial charge in [0.25, 0.3) is 0 Å². The molecule has 1 aromatic heterocycles. The molecule has 92 valence electrons. The number of carboxylic acid groups (broad SMARTS) is 1. The smallest absolute Gasteiger partial charge is 0.335 e. The first kappa shape index (κ1) is 11.3. The molecule has 4 heteroatoms. The minimum Gasteiger partial charge on any atom is -0.478 e. The zero-order valence-corrected chi connectivity index (χ0v) is 10.6. The minimum absolute atomic E-state index is 0.351. The lowest BCUT2D eigenvalue weighted by atomic mass is 10.1. The van der Waals surface area contributed by atoms with E-state index in [9.17, 15) is 4.79 Å². The second kappa shape index (κ2) is 4.46. The molecule has 18 heavy (non-hydrogen) atoms. The third-order valence-corrected chi connectivity index (χ3v) is 4.29. The molecule has 3 rings (SSSR count). The molecule has 0 unspecified atom stereocenters. The Hall–Kier alpha value is -1.81. The predicted molar refractivity (Wildman–Crippen MR) is 72.5 cm³/mol. The van der Waals surface area contributed by atoms with Crippen LogP contribution < -0.4 is 4.90 Å². The number of benzene rings is 1. The number of thiophene rings is 1. The molecule has 0 amide bonds. The molecule has 2 aromatic rings. The highest BCUT2D eigenvalue weighted by Gasteiger charge is 2.18. The SMILES string of the molecule is O=C(O)c1cccc(N2CCc3sccc3C2)c1. The van der Waals surface area contributed by atoms with Crippen molar-refractivity contribution in [3.63, 3.8) is 0 Å². The maximum atomic E-state index is 11.0. The topological polar surface area (TPSA) is 40.5 Å². The van der Waals surface area contributed by atoms with Crippen LogP contribution in [0.4, 0.5) is 5.69 Å². The van der Waals surface area contributed by atoms with E-state index in [-0.39, 0.29) is 0 Å². The molecule has 0 fully saturated rings. The van der Waals surface area contributed by atoms with Gasteiger partial charge in [0.1, 0.15) is 0 Å².